The Morgan fingerprint density at radius 2 is 1.25 bits per heavy atom. The van der Waals surface area contributed by atoms with E-state index in [1.165, 1.54) is 57.8 Å². The van der Waals surface area contributed by atoms with Gasteiger partial charge in [-0.15, -0.1) is 0 Å². The van der Waals surface area contributed by atoms with Gasteiger partial charge in [0, 0.05) is 19.5 Å². The fourth-order valence-electron chi connectivity index (χ4n) is 2.82. The van der Waals surface area contributed by atoms with Crippen molar-refractivity contribution in [1.29, 1.82) is 0 Å². The highest BCUT2D eigenvalue weighted by atomic mass is 16.2. The lowest BCUT2D eigenvalue weighted by atomic mass is 10.1. The van der Waals surface area contributed by atoms with E-state index in [0.29, 0.717) is 5.91 Å². The Bertz CT molecular complexity index is 329. The van der Waals surface area contributed by atoms with Gasteiger partial charge >= 0.3 is 0 Å². The lowest BCUT2D eigenvalue weighted by Gasteiger charge is -2.18. The average molecular weight is 336 g/mol. The summed E-state index contributed by atoms with van der Waals surface area (Å²) < 4.78 is 0. The smallest absolute Gasteiger partial charge is 0.222 e. The first-order chi connectivity index (χ1) is 11.8. The molecule has 0 aromatic rings. The number of allylic oxidation sites excluding steroid dienone is 4. The normalized spacial score (nSPS) is 11.6. The predicted octanol–water partition coefficient (Wildman–Crippen LogP) is 6.67. The first-order valence-corrected chi connectivity index (χ1v) is 10.3. The molecule has 0 aromatic carbocycles. The van der Waals surface area contributed by atoms with Gasteiger partial charge in [-0.1, -0.05) is 63.3 Å². The van der Waals surface area contributed by atoms with Crippen LogP contribution in [0.1, 0.15) is 97.8 Å². The van der Waals surface area contributed by atoms with Gasteiger partial charge in [-0.05, 0) is 52.4 Å². The topological polar surface area (TPSA) is 20.3 Å². The number of nitrogens with zero attached hydrogens (tertiary/aromatic N) is 1. The summed E-state index contributed by atoms with van der Waals surface area (Å²) in [5.41, 5.74) is 0. The van der Waals surface area contributed by atoms with Gasteiger partial charge in [0.1, 0.15) is 0 Å². The van der Waals surface area contributed by atoms with Crippen LogP contribution in [0.5, 0.6) is 0 Å². The van der Waals surface area contributed by atoms with E-state index in [1.54, 1.807) is 0 Å². The van der Waals surface area contributed by atoms with Crippen molar-refractivity contribution in [3.8, 4) is 0 Å². The quantitative estimate of drug-likeness (QED) is 0.228. The second-order valence-electron chi connectivity index (χ2n) is 6.55. The molecule has 0 rings (SSSR count). The zero-order valence-corrected chi connectivity index (χ0v) is 16.6. The number of carbonyl (C=O) groups is 1. The number of unbranched alkanes of at least 4 members (excludes halogenated alkanes) is 8. The van der Waals surface area contributed by atoms with E-state index in [0.717, 1.165) is 32.4 Å². The highest BCUT2D eigenvalue weighted by molar-refractivity contribution is 5.75. The molecule has 0 atom stereocenters. The van der Waals surface area contributed by atoms with Crippen molar-refractivity contribution in [3.05, 3.63) is 24.3 Å². The molecule has 0 saturated carbocycles. The molecule has 0 radical (unpaired) electrons. The fourth-order valence-corrected chi connectivity index (χ4v) is 2.82. The van der Waals surface area contributed by atoms with Crippen molar-refractivity contribution in [1.82, 2.24) is 4.90 Å². The molecule has 0 fully saturated rings. The van der Waals surface area contributed by atoms with Gasteiger partial charge in [-0.25, -0.2) is 0 Å². The Kier molecular flexibility index (Phi) is 17.5. The summed E-state index contributed by atoms with van der Waals surface area (Å²) in [7, 11) is 0. The summed E-state index contributed by atoms with van der Waals surface area (Å²) in [5.74, 6) is 0.325. The Labute approximate surface area is 151 Å². The summed E-state index contributed by atoms with van der Waals surface area (Å²) in [6, 6.07) is 0. The van der Waals surface area contributed by atoms with E-state index < -0.39 is 0 Å². The van der Waals surface area contributed by atoms with Gasteiger partial charge in [-0.2, -0.15) is 0 Å². The molecular weight excluding hydrogens is 294 g/mol. The van der Waals surface area contributed by atoms with Crippen molar-refractivity contribution in [2.45, 2.75) is 97.8 Å². The van der Waals surface area contributed by atoms with Gasteiger partial charge in [0.25, 0.3) is 0 Å². The maximum atomic E-state index is 11.9. The highest BCUT2D eigenvalue weighted by Gasteiger charge is 2.07. The molecule has 2 nitrogen and oxygen atoms in total. The van der Waals surface area contributed by atoms with Gasteiger partial charge in [-0.3, -0.25) is 4.79 Å². The Morgan fingerprint density at radius 3 is 1.83 bits per heavy atom. The van der Waals surface area contributed by atoms with Crippen molar-refractivity contribution in [2.75, 3.05) is 13.1 Å². The lowest BCUT2D eigenvalue weighted by Crippen LogP contribution is -2.30. The minimum Gasteiger partial charge on any atom is -0.343 e. The molecule has 0 N–H and O–H groups in total. The molecule has 0 aliphatic carbocycles. The van der Waals surface area contributed by atoms with Crippen LogP contribution in [0.3, 0.4) is 0 Å². The molecule has 1 amide bonds. The molecule has 0 saturated heterocycles. The first-order valence-electron chi connectivity index (χ1n) is 10.3. The summed E-state index contributed by atoms with van der Waals surface area (Å²) in [6.07, 6.45) is 23.5. The van der Waals surface area contributed by atoms with Crippen LogP contribution in [0, 0.1) is 0 Å². The fraction of sp³-hybridized carbons (Fsp3) is 0.773. The van der Waals surface area contributed by atoms with E-state index in [-0.39, 0.29) is 0 Å². The third-order valence-corrected chi connectivity index (χ3v) is 4.46. The van der Waals surface area contributed by atoms with Gasteiger partial charge < -0.3 is 4.90 Å². The Balaban J connectivity index is 3.36. The monoisotopic (exact) mass is 335 g/mol. The number of rotatable bonds is 16. The van der Waals surface area contributed by atoms with Crippen LogP contribution in [0.15, 0.2) is 24.3 Å². The molecule has 0 spiro atoms. The summed E-state index contributed by atoms with van der Waals surface area (Å²) >= 11 is 0. The number of hydrogen-bond donors (Lipinski definition) is 0. The maximum absolute atomic E-state index is 11.9. The van der Waals surface area contributed by atoms with E-state index in [1.807, 2.05) is 4.90 Å². The minimum absolute atomic E-state index is 0.325. The lowest BCUT2D eigenvalue weighted by molar-refractivity contribution is -0.130. The largest absolute Gasteiger partial charge is 0.343 e. The van der Waals surface area contributed by atoms with E-state index in [9.17, 15) is 4.79 Å². The standard InChI is InChI=1S/C22H41NO/c1-4-7-8-9-10-11-12-13-14-15-16-17-18-19-20-21-22(24)23(5-2)6-3/h10-11,13-14H,4-9,12,15-21H2,1-3H3/b11-10-,14-13-. The number of carbonyl (C=O) groups excluding carboxylic acids is 1. The van der Waals surface area contributed by atoms with Crippen molar-refractivity contribution >= 4 is 5.91 Å². The third-order valence-electron chi connectivity index (χ3n) is 4.46. The van der Waals surface area contributed by atoms with Gasteiger partial charge in [0.2, 0.25) is 5.91 Å². The highest BCUT2D eigenvalue weighted by Crippen LogP contribution is 2.09. The van der Waals surface area contributed by atoms with Crippen LogP contribution in [-0.4, -0.2) is 23.9 Å². The third kappa shape index (κ3) is 14.5. The molecule has 0 bridgehead atoms. The Morgan fingerprint density at radius 1 is 0.708 bits per heavy atom. The van der Waals surface area contributed by atoms with Crippen LogP contribution in [0.2, 0.25) is 0 Å². The van der Waals surface area contributed by atoms with Crippen LogP contribution in [0.25, 0.3) is 0 Å². The molecule has 0 unspecified atom stereocenters. The minimum atomic E-state index is 0.325. The van der Waals surface area contributed by atoms with Crippen LogP contribution >= 0.6 is 0 Å². The Hall–Kier alpha value is -1.05. The van der Waals surface area contributed by atoms with Crippen molar-refractivity contribution < 1.29 is 4.79 Å². The van der Waals surface area contributed by atoms with E-state index in [2.05, 4.69) is 45.1 Å². The molecule has 0 aromatic heterocycles. The maximum Gasteiger partial charge on any atom is 0.222 e. The van der Waals surface area contributed by atoms with Gasteiger partial charge in [0.05, 0.1) is 0 Å². The van der Waals surface area contributed by atoms with E-state index >= 15 is 0 Å². The van der Waals surface area contributed by atoms with Crippen molar-refractivity contribution in [3.63, 3.8) is 0 Å². The summed E-state index contributed by atoms with van der Waals surface area (Å²) in [5, 5.41) is 0. The molecule has 2 heteroatoms. The van der Waals surface area contributed by atoms with Crippen LogP contribution in [0.4, 0.5) is 0 Å². The van der Waals surface area contributed by atoms with E-state index in [4.69, 9.17) is 0 Å². The number of amides is 1. The van der Waals surface area contributed by atoms with Crippen molar-refractivity contribution in [2.24, 2.45) is 0 Å². The second kappa shape index (κ2) is 18.3. The SMILES string of the molecule is CCCCC/C=C\C/C=C\CCCCCCCC(=O)N(CC)CC. The number of hydrogen-bond acceptors (Lipinski definition) is 1. The second-order valence-corrected chi connectivity index (χ2v) is 6.55. The van der Waals surface area contributed by atoms with Gasteiger partial charge in [0.15, 0.2) is 0 Å². The molecule has 24 heavy (non-hydrogen) atoms. The zero-order valence-electron chi connectivity index (χ0n) is 16.6. The van der Waals surface area contributed by atoms with Crippen LogP contribution < -0.4 is 0 Å². The van der Waals surface area contributed by atoms with Crippen LogP contribution in [-0.2, 0) is 4.79 Å². The average Bonchev–Trinajstić information content (AvgIpc) is 2.59. The molecule has 0 aliphatic rings. The predicted molar refractivity (Wildman–Crippen MR) is 107 cm³/mol. The summed E-state index contributed by atoms with van der Waals surface area (Å²) in [4.78, 5) is 13.8. The first kappa shape index (κ1) is 22.9. The molecule has 0 heterocycles. The zero-order chi connectivity index (χ0) is 17.9. The summed E-state index contributed by atoms with van der Waals surface area (Å²) in [6.45, 7) is 8.04. The molecule has 0 aliphatic heterocycles. The molecule has 140 valence electrons. The molecular formula is C22H41NO.